The molecule has 1 atom stereocenters. The van der Waals surface area contributed by atoms with Gasteiger partial charge in [0, 0.05) is 19.3 Å². The highest BCUT2D eigenvalue weighted by Gasteiger charge is 2.33. The van der Waals surface area contributed by atoms with E-state index in [1.54, 1.807) is 25.1 Å². The summed E-state index contributed by atoms with van der Waals surface area (Å²) in [7, 11) is 3.16. The van der Waals surface area contributed by atoms with Crippen molar-refractivity contribution >= 4 is 16.9 Å². The second-order valence-corrected chi connectivity index (χ2v) is 8.20. The minimum absolute atomic E-state index is 0.0260. The molecule has 0 unspecified atom stereocenters. The SMILES string of the molecule is COc1cccc([C@@H]2CCCN2C(=O)c2cc(C(C)C)nc3c2c(=O)[nH]c(=O)n3C)c1. The molecular formula is C23H26N4O4. The van der Waals surface area contributed by atoms with Gasteiger partial charge in [0.05, 0.1) is 24.1 Å². The van der Waals surface area contributed by atoms with Gasteiger partial charge in [-0.3, -0.25) is 19.1 Å². The summed E-state index contributed by atoms with van der Waals surface area (Å²) in [5.74, 6) is 0.529. The Bertz CT molecular complexity index is 1270. The van der Waals surface area contributed by atoms with Gasteiger partial charge in [0.1, 0.15) is 11.4 Å². The maximum absolute atomic E-state index is 13.7. The standard InChI is InChI=1S/C23H26N4O4/c1-13(2)17-12-16(19-20(24-17)26(3)23(30)25-21(19)28)22(29)27-10-6-9-18(27)14-7-5-8-15(11-14)31-4/h5,7-8,11-13,18H,6,9-10H2,1-4H3,(H,25,28,30)/t18-/m0/s1. The van der Waals surface area contributed by atoms with Crippen LogP contribution in [0.2, 0.25) is 0 Å². The highest BCUT2D eigenvalue weighted by molar-refractivity contribution is 6.05. The van der Waals surface area contributed by atoms with E-state index >= 15 is 0 Å². The van der Waals surface area contributed by atoms with Crippen LogP contribution in [0.1, 0.15) is 60.3 Å². The van der Waals surface area contributed by atoms with E-state index in [1.165, 1.54) is 4.57 Å². The number of amides is 1. The van der Waals surface area contributed by atoms with Crippen molar-refractivity contribution in [3.05, 3.63) is 68.0 Å². The minimum atomic E-state index is -0.596. The maximum Gasteiger partial charge on any atom is 0.329 e. The number of carbonyl (C=O) groups is 1. The fourth-order valence-electron chi connectivity index (χ4n) is 4.18. The Morgan fingerprint density at radius 1 is 1.26 bits per heavy atom. The molecule has 1 N–H and O–H groups in total. The van der Waals surface area contributed by atoms with E-state index in [0.29, 0.717) is 12.2 Å². The molecule has 1 aromatic carbocycles. The molecule has 4 rings (SSSR count). The Morgan fingerprint density at radius 3 is 2.74 bits per heavy atom. The molecule has 1 aliphatic rings. The van der Waals surface area contributed by atoms with Gasteiger partial charge in [0.25, 0.3) is 11.5 Å². The summed E-state index contributed by atoms with van der Waals surface area (Å²) in [5.41, 5.74) is 1.00. The number of aromatic nitrogens is 3. The van der Waals surface area contributed by atoms with Gasteiger partial charge in [-0.2, -0.15) is 0 Å². The minimum Gasteiger partial charge on any atom is -0.497 e. The molecular weight excluding hydrogens is 396 g/mol. The van der Waals surface area contributed by atoms with Crippen LogP contribution in [0.4, 0.5) is 0 Å². The molecule has 8 nitrogen and oxygen atoms in total. The van der Waals surface area contributed by atoms with E-state index in [-0.39, 0.29) is 34.5 Å². The number of aromatic amines is 1. The average Bonchev–Trinajstić information content (AvgIpc) is 3.26. The molecule has 1 aliphatic heterocycles. The van der Waals surface area contributed by atoms with Gasteiger partial charge < -0.3 is 9.64 Å². The number of nitrogens with one attached hydrogen (secondary N) is 1. The fraction of sp³-hybridized carbons (Fsp3) is 0.391. The smallest absolute Gasteiger partial charge is 0.329 e. The lowest BCUT2D eigenvalue weighted by Gasteiger charge is -2.26. The van der Waals surface area contributed by atoms with Crippen LogP contribution in [-0.4, -0.2) is 39.0 Å². The Kier molecular flexibility index (Phi) is 5.39. The third-order valence-corrected chi connectivity index (χ3v) is 5.90. The molecule has 1 fully saturated rings. The third-order valence-electron chi connectivity index (χ3n) is 5.90. The zero-order valence-corrected chi connectivity index (χ0v) is 18.1. The number of H-pyrrole nitrogens is 1. The first-order chi connectivity index (χ1) is 14.8. The molecule has 0 aliphatic carbocycles. The summed E-state index contributed by atoms with van der Waals surface area (Å²) in [6.45, 7) is 4.51. The second kappa shape index (κ2) is 8.02. The molecule has 1 amide bonds. The molecule has 8 heteroatoms. The Labute approximate surface area is 179 Å². The molecule has 0 spiro atoms. The predicted octanol–water partition coefficient (Wildman–Crippen LogP) is 2.73. The number of hydrogen-bond acceptors (Lipinski definition) is 5. The largest absolute Gasteiger partial charge is 0.497 e. The number of hydrogen-bond donors (Lipinski definition) is 1. The monoisotopic (exact) mass is 422 g/mol. The lowest BCUT2D eigenvalue weighted by Crippen LogP contribution is -2.34. The number of methoxy groups -OCH3 is 1. The number of nitrogens with zero attached hydrogens (tertiary/aromatic N) is 3. The van der Waals surface area contributed by atoms with E-state index in [2.05, 4.69) is 9.97 Å². The van der Waals surface area contributed by atoms with E-state index in [9.17, 15) is 14.4 Å². The van der Waals surface area contributed by atoms with E-state index in [1.807, 2.05) is 38.1 Å². The molecule has 3 heterocycles. The van der Waals surface area contributed by atoms with Crippen LogP contribution in [0.15, 0.2) is 39.9 Å². The summed E-state index contributed by atoms with van der Waals surface area (Å²) >= 11 is 0. The van der Waals surface area contributed by atoms with Crippen molar-refractivity contribution in [2.75, 3.05) is 13.7 Å². The number of likely N-dealkylation sites (tertiary alicyclic amines) is 1. The highest BCUT2D eigenvalue weighted by Crippen LogP contribution is 2.35. The van der Waals surface area contributed by atoms with E-state index in [4.69, 9.17) is 4.74 Å². The first-order valence-electron chi connectivity index (χ1n) is 10.4. The van der Waals surface area contributed by atoms with Crippen molar-refractivity contribution in [2.24, 2.45) is 7.05 Å². The summed E-state index contributed by atoms with van der Waals surface area (Å²) in [6.07, 6.45) is 1.69. The van der Waals surface area contributed by atoms with Crippen LogP contribution >= 0.6 is 0 Å². The zero-order chi connectivity index (χ0) is 22.3. The normalized spacial score (nSPS) is 16.3. The van der Waals surface area contributed by atoms with Crippen molar-refractivity contribution in [1.29, 1.82) is 0 Å². The number of rotatable bonds is 4. The molecule has 0 saturated carbocycles. The van der Waals surface area contributed by atoms with E-state index < -0.39 is 11.2 Å². The first-order valence-corrected chi connectivity index (χ1v) is 10.4. The van der Waals surface area contributed by atoms with Gasteiger partial charge in [-0.25, -0.2) is 9.78 Å². The lowest BCUT2D eigenvalue weighted by molar-refractivity contribution is 0.0737. The number of carbonyl (C=O) groups excluding carboxylic acids is 1. The number of benzene rings is 1. The van der Waals surface area contributed by atoms with E-state index in [0.717, 1.165) is 24.2 Å². The molecule has 0 bridgehead atoms. The highest BCUT2D eigenvalue weighted by atomic mass is 16.5. The van der Waals surface area contributed by atoms with Crippen molar-refractivity contribution in [3.8, 4) is 5.75 Å². The van der Waals surface area contributed by atoms with Gasteiger partial charge in [-0.05, 0) is 42.5 Å². The third kappa shape index (κ3) is 3.62. The summed E-state index contributed by atoms with van der Waals surface area (Å²) < 4.78 is 6.63. The topological polar surface area (TPSA) is 97.3 Å². The molecule has 31 heavy (non-hydrogen) atoms. The summed E-state index contributed by atoms with van der Waals surface area (Å²) in [4.78, 5) is 47.2. The quantitative estimate of drug-likeness (QED) is 0.697. The van der Waals surface area contributed by atoms with Gasteiger partial charge >= 0.3 is 5.69 Å². The molecule has 162 valence electrons. The van der Waals surface area contributed by atoms with Crippen LogP contribution < -0.4 is 16.0 Å². The lowest BCUT2D eigenvalue weighted by atomic mass is 10.0. The Balaban J connectivity index is 1.87. The summed E-state index contributed by atoms with van der Waals surface area (Å²) in [5, 5.41) is 0.146. The van der Waals surface area contributed by atoms with Crippen LogP contribution in [0, 0.1) is 0 Å². The average molecular weight is 422 g/mol. The Morgan fingerprint density at radius 2 is 2.03 bits per heavy atom. The van der Waals surface area contributed by atoms with Gasteiger partial charge in [-0.15, -0.1) is 0 Å². The van der Waals surface area contributed by atoms with Crippen molar-refractivity contribution < 1.29 is 9.53 Å². The van der Waals surface area contributed by atoms with Crippen molar-refractivity contribution in [1.82, 2.24) is 19.4 Å². The van der Waals surface area contributed by atoms with Crippen LogP contribution in [0.3, 0.4) is 0 Å². The van der Waals surface area contributed by atoms with Gasteiger partial charge in [0.15, 0.2) is 0 Å². The van der Waals surface area contributed by atoms with Gasteiger partial charge in [-0.1, -0.05) is 26.0 Å². The summed E-state index contributed by atoms with van der Waals surface area (Å²) in [6, 6.07) is 9.29. The predicted molar refractivity (Wildman–Crippen MR) is 118 cm³/mol. The molecule has 1 saturated heterocycles. The second-order valence-electron chi connectivity index (χ2n) is 8.20. The zero-order valence-electron chi connectivity index (χ0n) is 18.1. The van der Waals surface area contributed by atoms with Crippen LogP contribution in [0.5, 0.6) is 5.75 Å². The maximum atomic E-state index is 13.7. The molecule has 2 aromatic heterocycles. The van der Waals surface area contributed by atoms with Crippen LogP contribution in [-0.2, 0) is 7.05 Å². The molecule has 0 radical (unpaired) electrons. The fourth-order valence-corrected chi connectivity index (χ4v) is 4.18. The van der Waals surface area contributed by atoms with Crippen molar-refractivity contribution in [3.63, 3.8) is 0 Å². The Hall–Kier alpha value is -3.42. The number of ether oxygens (including phenoxy) is 1. The number of fused-ring (bicyclic) bond motifs is 1. The van der Waals surface area contributed by atoms with Crippen LogP contribution in [0.25, 0.3) is 11.0 Å². The van der Waals surface area contributed by atoms with Crippen molar-refractivity contribution in [2.45, 2.75) is 38.6 Å². The number of pyridine rings is 1. The van der Waals surface area contributed by atoms with Gasteiger partial charge in [0.2, 0.25) is 0 Å². The number of aryl methyl sites for hydroxylation is 1. The first kappa shape index (κ1) is 20.8. The molecule has 3 aromatic rings.